The van der Waals surface area contributed by atoms with Gasteiger partial charge in [-0.1, -0.05) is 12.1 Å². The van der Waals surface area contributed by atoms with Gasteiger partial charge in [0.2, 0.25) is 0 Å². The topological polar surface area (TPSA) is 58.9 Å². The Balaban J connectivity index is 1.41. The number of hydrogen-bond donors (Lipinski definition) is 1. The molecular weight excluding hydrogens is 408 g/mol. The van der Waals surface area contributed by atoms with E-state index >= 15 is 0 Å². The summed E-state index contributed by atoms with van der Waals surface area (Å²) in [7, 11) is 0. The Morgan fingerprint density at radius 1 is 1.30 bits per heavy atom. The number of fused-ring (bicyclic) bond motifs is 1. The maximum atomic E-state index is 12.5. The molecule has 1 saturated heterocycles. The van der Waals surface area contributed by atoms with Crippen molar-refractivity contribution >= 4 is 33.2 Å². The van der Waals surface area contributed by atoms with E-state index in [1.807, 2.05) is 48.7 Å². The Kier molecular flexibility index (Phi) is 5.24. The first kappa shape index (κ1) is 18.2. The van der Waals surface area contributed by atoms with Gasteiger partial charge in [-0.3, -0.25) is 9.69 Å². The number of halogens is 1. The number of rotatable bonds is 4. The third-order valence-corrected chi connectivity index (χ3v) is 5.08. The number of ether oxygens (including phenoxy) is 1. The minimum absolute atomic E-state index is 0.163. The lowest BCUT2D eigenvalue weighted by Gasteiger charge is -2.31. The summed E-state index contributed by atoms with van der Waals surface area (Å²) in [6.45, 7) is 5.62. The highest BCUT2D eigenvalue weighted by Crippen LogP contribution is 2.17. The fourth-order valence-corrected chi connectivity index (χ4v) is 3.59. The molecule has 2 aromatic heterocycles. The maximum absolute atomic E-state index is 12.5. The van der Waals surface area contributed by atoms with Gasteiger partial charge >= 0.3 is 0 Å². The van der Waals surface area contributed by atoms with Crippen molar-refractivity contribution in [2.75, 3.05) is 25.0 Å². The highest BCUT2D eigenvalue weighted by atomic mass is 79.9. The van der Waals surface area contributed by atoms with Crippen molar-refractivity contribution in [3.63, 3.8) is 0 Å². The molecule has 1 aliphatic rings. The second kappa shape index (κ2) is 7.80. The summed E-state index contributed by atoms with van der Waals surface area (Å²) in [6.07, 6.45) is 2.13. The Labute approximate surface area is 166 Å². The molecule has 7 heteroatoms. The van der Waals surface area contributed by atoms with Crippen LogP contribution in [0, 0.1) is 0 Å². The molecule has 0 saturated carbocycles. The number of morpholine rings is 1. The van der Waals surface area contributed by atoms with E-state index in [4.69, 9.17) is 4.74 Å². The number of hydrogen-bond acceptors (Lipinski definition) is 4. The quantitative estimate of drug-likeness (QED) is 0.689. The summed E-state index contributed by atoms with van der Waals surface area (Å²) in [5, 5.41) is 7.24. The van der Waals surface area contributed by atoms with Gasteiger partial charge in [-0.15, -0.1) is 5.10 Å². The van der Waals surface area contributed by atoms with Crippen LogP contribution in [0.5, 0.6) is 0 Å². The Hall–Kier alpha value is -2.22. The Bertz CT molecular complexity index is 954. The highest BCUT2D eigenvalue weighted by Gasteiger charge is 2.17. The standard InChI is InChI=1S/C20H21BrN4O2/c1-14-11-24(8-9-27-14)12-15-2-4-16(5-3-15)20(26)22-19-10-18-7-6-17(21)13-25(18)23-19/h2-7,10,13-14H,8-9,11-12H2,1H3,(H,22,23,26). The molecular formula is C20H21BrN4O2. The zero-order chi connectivity index (χ0) is 18.8. The predicted molar refractivity (Wildman–Crippen MR) is 108 cm³/mol. The summed E-state index contributed by atoms with van der Waals surface area (Å²) in [6, 6.07) is 13.5. The maximum Gasteiger partial charge on any atom is 0.256 e. The molecule has 3 heterocycles. The number of anilines is 1. The molecule has 1 unspecified atom stereocenters. The second-order valence-electron chi connectivity index (χ2n) is 6.81. The van der Waals surface area contributed by atoms with Crippen LogP contribution in [0.2, 0.25) is 0 Å². The normalized spacial score (nSPS) is 17.9. The van der Waals surface area contributed by atoms with Crippen molar-refractivity contribution in [3.8, 4) is 0 Å². The van der Waals surface area contributed by atoms with Crippen LogP contribution in [0.4, 0.5) is 5.82 Å². The first-order valence-electron chi connectivity index (χ1n) is 8.96. The van der Waals surface area contributed by atoms with E-state index in [1.54, 1.807) is 4.52 Å². The minimum atomic E-state index is -0.163. The fraction of sp³-hybridized carbons (Fsp3) is 0.300. The third-order valence-electron chi connectivity index (χ3n) is 4.61. The number of nitrogens with one attached hydrogen (secondary N) is 1. The molecule has 0 radical (unpaired) electrons. The van der Waals surface area contributed by atoms with E-state index in [-0.39, 0.29) is 12.0 Å². The molecule has 1 fully saturated rings. The zero-order valence-electron chi connectivity index (χ0n) is 15.1. The molecule has 1 atom stereocenters. The average Bonchev–Trinajstić information content (AvgIpc) is 3.03. The first-order chi connectivity index (χ1) is 13.1. The zero-order valence-corrected chi connectivity index (χ0v) is 16.6. The van der Waals surface area contributed by atoms with Gasteiger partial charge in [0.25, 0.3) is 5.91 Å². The number of amides is 1. The number of carbonyl (C=O) groups is 1. The molecule has 1 aliphatic heterocycles. The molecule has 140 valence electrons. The van der Waals surface area contributed by atoms with Crippen LogP contribution in [0.15, 0.2) is 53.1 Å². The molecule has 0 bridgehead atoms. The lowest BCUT2D eigenvalue weighted by Crippen LogP contribution is -2.40. The smallest absolute Gasteiger partial charge is 0.256 e. The van der Waals surface area contributed by atoms with E-state index in [1.165, 1.54) is 5.56 Å². The lowest BCUT2D eigenvalue weighted by atomic mass is 10.1. The van der Waals surface area contributed by atoms with Crippen LogP contribution in [0.1, 0.15) is 22.8 Å². The van der Waals surface area contributed by atoms with Gasteiger partial charge in [0.05, 0.1) is 18.2 Å². The van der Waals surface area contributed by atoms with E-state index in [0.29, 0.717) is 11.4 Å². The SMILES string of the molecule is CC1CN(Cc2ccc(C(=O)Nc3cc4ccc(Br)cn4n3)cc2)CCO1. The molecule has 3 aromatic rings. The van der Waals surface area contributed by atoms with Crippen LogP contribution in [-0.2, 0) is 11.3 Å². The number of carbonyl (C=O) groups excluding carboxylic acids is 1. The van der Waals surface area contributed by atoms with Crippen LogP contribution >= 0.6 is 15.9 Å². The van der Waals surface area contributed by atoms with Crippen LogP contribution in [0.25, 0.3) is 5.52 Å². The Morgan fingerprint density at radius 2 is 2.11 bits per heavy atom. The molecule has 6 nitrogen and oxygen atoms in total. The molecule has 4 rings (SSSR count). The number of benzene rings is 1. The number of nitrogens with zero attached hydrogens (tertiary/aromatic N) is 3. The van der Waals surface area contributed by atoms with Crippen molar-refractivity contribution in [1.82, 2.24) is 14.5 Å². The fourth-order valence-electron chi connectivity index (χ4n) is 3.27. The summed E-state index contributed by atoms with van der Waals surface area (Å²) < 4.78 is 8.24. The van der Waals surface area contributed by atoms with E-state index in [2.05, 4.69) is 38.2 Å². The number of aromatic nitrogens is 2. The van der Waals surface area contributed by atoms with Crippen molar-refractivity contribution in [1.29, 1.82) is 0 Å². The average molecular weight is 429 g/mol. The molecule has 27 heavy (non-hydrogen) atoms. The Morgan fingerprint density at radius 3 is 2.89 bits per heavy atom. The molecule has 1 N–H and O–H groups in total. The monoisotopic (exact) mass is 428 g/mol. The summed E-state index contributed by atoms with van der Waals surface area (Å²) in [5.74, 6) is 0.369. The predicted octanol–water partition coefficient (Wildman–Crippen LogP) is 3.57. The van der Waals surface area contributed by atoms with Gasteiger partial charge in [0.1, 0.15) is 0 Å². The van der Waals surface area contributed by atoms with Gasteiger partial charge in [0.15, 0.2) is 5.82 Å². The highest BCUT2D eigenvalue weighted by molar-refractivity contribution is 9.10. The van der Waals surface area contributed by atoms with Gasteiger partial charge < -0.3 is 10.1 Å². The first-order valence-corrected chi connectivity index (χ1v) is 9.75. The molecule has 0 spiro atoms. The van der Waals surface area contributed by atoms with Crippen LogP contribution in [-0.4, -0.2) is 46.2 Å². The van der Waals surface area contributed by atoms with E-state index in [9.17, 15) is 4.79 Å². The molecule has 1 amide bonds. The summed E-state index contributed by atoms with van der Waals surface area (Å²) in [5.41, 5.74) is 2.73. The van der Waals surface area contributed by atoms with Crippen molar-refractivity contribution in [3.05, 3.63) is 64.3 Å². The van der Waals surface area contributed by atoms with Gasteiger partial charge in [0, 0.05) is 41.9 Å². The van der Waals surface area contributed by atoms with Gasteiger partial charge in [-0.05, 0) is 52.7 Å². The van der Waals surface area contributed by atoms with Crippen LogP contribution < -0.4 is 5.32 Å². The summed E-state index contributed by atoms with van der Waals surface area (Å²) in [4.78, 5) is 14.9. The largest absolute Gasteiger partial charge is 0.376 e. The second-order valence-corrected chi connectivity index (χ2v) is 7.73. The number of pyridine rings is 1. The molecule has 0 aliphatic carbocycles. The van der Waals surface area contributed by atoms with E-state index < -0.39 is 0 Å². The summed E-state index contributed by atoms with van der Waals surface area (Å²) >= 11 is 3.42. The van der Waals surface area contributed by atoms with Gasteiger partial charge in [-0.25, -0.2) is 4.52 Å². The van der Waals surface area contributed by atoms with Crippen molar-refractivity contribution < 1.29 is 9.53 Å². The van der Waals surface area contributed by atoms with Crippen molar-refractivity contribution in [2.24, 2.45) is 0 Å². The van der Waals surface area contributed by atoms with Crippen LogP contribution in [0.3, 0.4) is 0 Å². The van der Waals surface area contributed by atoms with E-state index in [0.717, 1.165) is 36.2 Å². The minimum Gasteiger partial charge on any atom is -0.376 e. The lowest BCUT2D eigenvalue weighted by molar-refractivity contribution is -0.0212. The van der Waals surface area contributed by atoms with Gasteiger partial charge in [-0.2, -0.15) is 0 Å². The molecule has 1 aromatic carbocycles. The third kappa shape index (κ3) is 4.37. The van der Waals surface area contributed by atoms with Crippen molar-refractivity contribution in [2.45, 2.75) is 19.6 Å².